The Hall–Kier alpha value is -2.98. The van der Waals surface area contributed by atoms with Crippen molar-refractivity contribution in [2.75, 3.05) is 49.4 Å². The number of ether oxygens (including phenoxy) is 6. The fraction of sp³-hybridized carbons (Fsp3) is 0.840. The van der Waals surface area contributed by atoms with Gasteiger partial charge < -0.3 is 28.4 Å². The first-order chi connectivity index (χ1) is 34.6. The van der Waals surface area contributed by atoms with Crippen molar-refractivity contribution in [1.82, 2.24) is 60.0 Å². The van der Waals surface area contributed by atoms with E-state index < -0.39 is 0 Å². The number of thioether (sulfide) groups is 2. The minimum absolute atomic E-state index is 0.00153. The molecular weight excluding hydrogens is 929 g/mol. The molecule has 372 valence electrons. The van der Waals surface area contributed by atoms with Crippen LogP contribution in [0.15, 0.2) is 24.8 Å². The number of aryl methyl sites for hydroxylation is 4. The number of hydrogen-bond acceptors (Lipinski definition) is 16. The quantitative estimate of drug-likeness (QED) is 0.246. The molecule has 20 atom stereocenters. The Balaban J connectivity index is 0.535. The Bertz CT molecular complexity index is 2340. The summed E-state index contributed by atoms with van der Waals surface area (Å²) in [5, 5.41) is 36.2. The van der Waals surface area contributed by atoms with Gasteiger partial charge in [-0.15, -0.1) is 20.4 Å². The molecule has 15 aliphatic rings. The molecule has 0 radical (unpaired) electrons. The van der Waals surface area contributed by atoms with E-state index in [1.807, 2.05) is 42.3 Å². The Kier molecular flexibility index (Phi) is 9.27. The lowest BCUT2D eigenvalue weighted by Gasteiger charge is -2.48. The van der Waals surface area contributed by atoms with Gasteiger partial charge in [0.25, 0.3) is 0 Å². The lowest BCUT2D eigenvalue weighted by molar-refractivity contribution is -0.0837. The van der Waals surface area contributed by atoms with E-state index in [0.29, 0.717) is 100 Å². The van der Waals surface area contributed by atoms with Crippen LogP contribution in [0.5, 0.6) is 0 Å². The monoisotopic (exact) mass is 992 g/mol. The first-order valence-corrected chi connectivity index (χ1v) is 29.3. The van der Waals surface area contributed by atoms with E-state index in [4.69, 9.17) is 28.4 Å². The van der Waals surface area contributed by atoms with E-state index in [-0.39, 0.29) is 22.4 Å². The average Bonchev–Trinajstić information content (AvgIpc) is 4.16. The van der Waals surface area contributed by atoms with Crippen molar-refractivity contribution in [2.45, 2.75) is 114 Å². The lowest BCUT2D eigenvalue weighted by atomic mass is 9.54. The van der Waals surface area contributed by atoms with Gasteiger partial charge in [-0.05, 0) is 133 Å². The van der Waals surface area contributed by atoms with Crippen LogP contribution in [0, 0.1) is 94.7 Å². The van der Waals surface area contributed by atoms with E-state index in [0.717, 1.165) is 145 Å². The molecule has 4 saturated heterocycles. The second-order valence-corrected chi connectivity index (χ2v) is 26.4. The highest BCUT2D eigenvalue weighted by Crippen LogP contribution is 2.95. The Morgan fingerprint density at radius 2 is 0.657 bits per heavy atom. The normalized spacial score (nSPS) is 49.4. The Labute approximate surface area is 415 Å². The van der Waals surface area contributed by atoms with Gasteiger partial charge in [-0.3, -0.25) is 18.7 Å². The van der Waals surface area contributed by atoms with Crippen LogP contribution in [-0.4, -0.2) is 132 Å². The second-order valence-electron chi connectivity index (χ2n) is 24.0. The van der Waals surface area contributed by atoms with Crippen LogP contribution >= 0.6 is 23.5 Å². The van der Waals surface area contributed by atoms with Crippen LogP contribution in [0.2, 0.25) is 0 Å². The topological polar surface area (TPSA) is 178 Å². The van der Waals surface area contributed by atoms with Crippen LogP contribution < -0.4 is 0 Å². The molecule has 0 aromatic carbocycles. The van der Waals surface area contributed by atoms with E-state index in [9.17, 15) is 0 Å². The molecule has 5 aliphatic heterocycles. The van der Waals surface area contributed by atoms with E-state index in [1.165, 1.54) is 12.8 Å². The molecule has 20 heteroatoms. The minimum Gasteiger partial charge on any atom is -0.374 e. The standard InChI is InChI=1S/C50H64N12O6S2/c1-5-59-19-27(51-55-59)23-63-9-13-69-14-10-65-25-29-21-61(57-53-29)7-3-49-41-33-18-34-38-37(33)45(49)46(38)50(68-49,42(34)41)4-8-62-22-30(54-58-62)26-66-12-16-70-15-11-64-24-28-20-60(56-52-28)6-2-48-40-32-17-31-35-36(32)44(48)43(35)47(1,67-48)39(31)40/h19-22,31-46H,1-18,23-26H2/t31-,32+,33-,34+,35?,36?,37?,38?,39?,40?,41?,42?,43?,44?,45?,46?,47-,48+,49-,50+. The predicted molar refractivity (Wildman–Crippen MR) is 250 cm³/mol. The van der Waals surface area contributed by atoms with Crippen molar-refractivity contribution >= 4 is 23.5 Å². The zero-order valence-corrected chi connectivity index (χ0v) is 41.4. The maximum atomic E-state index is 7.55. The highest BCUT2D eigenvalue weighted by molar-refractivity contribution is 7.99. The molecule has 4 aromatic heterocycles. The third-order valence-corrected chi connectivity index (χ3v) is 23.9. The third kappa shape index (κ3) is 5.46. The van der Waals surface area contributed by atoms with Gasteiger partial charge in [0.15, 0.2) is 0 Å². The van der Waals surface area contributed by atoms with Gasteiger partial charge in [-0.1, -0.05) is 20.9 Å². The molecule has 18 nitrogen and oxygen atoms in total. The van der Waals surface area contributed by atoms with Crippen molar-refractivity contribution in [1.29, 1.82) is 0 Å². The van der Waals surface area contributed by atoms with Crippen LogP contribution in [-0.2, 0) is 81.0 Å². The van der Waals surface area contributed by atoms with Gasteiger partial charge in [0.2, 0.25) is 0 Å². The molecule has 4 aromatic rings. The van der Waals surface area contributed by atoms with Crippen LogP contribution in [0.1, 0.15) is 61.3 Å². The highest BCUT2D eigenvalue weighted by atomic mass is 32.2. The van der Waals surface area contributed by atoms with Crippen LogP contribution in [0.4, 0.5) is 0 Å². The molecule has 16 bridgehead atoms. The van der Waals surface area contributed by atoms with E-state index in [1.54, 1.807) is 0 Å². The summed E-state index contributed by atoms with van der Waals surface area (Å²) in [7, 11) is 0. The predicted octanol–water partition coefficient (Wildman–Crippen LogP) is 4.05. The summed E-state index contributed by atoms with van der Waals surface area (Å²) in [6.07, 6.45) is 15.3. The SMILES string of the molecule is c1c2nnn1CC[C@]13O[C@]4(CCn5cc(nn5)COCCSCCOCc5cn(nn5)CC[C@@]56O[C@@]7(CCn8cc(nn8)COCCSCCOC2)C2C8C(C25)[C@@H]2C[C@H]8C7C26)C2C5C(C21)[C@H]1C[C@@H]5C4C13. The molecule has 70 heavy (non-hydrogen) atoms. The molecular formula is C50H64N12O6S2. The molecule has 10 aliphatic carbocycles. The summed E-state index contributed by atoms with van der Waals surface area (Å²) in [4.78, 5) is 0. The summed E-state index contributed by atoms with van der Waals surface area (Å²) in [6, 6.07) is 0. The molecule has 19 rings (SSSR count). The van der Waals surface area contributed by atoms with E-state index in [2.05, 4.69) is 66.0 Å². The number of rotatable bonds is 0. The fourth-order valence-electron chi connectivity index (χ4n) is 21.2. The maximum absolute atomic E-state index is 7.55. The zero-order chi connectivity index (χ0) is 45.6. The summed E-state index contributed by atoms with van der Waals surface area (Å²) >= 11 is 3.70. The molecule has 12 unspecified atom stereocenters. The highest BCUT2D eigenvalue weighted by Gasteiger charge is 2.97. The van der Waals surface area contributed by atoms with E-state index >= 15 is 0 Å². The van der Waals surface area contributed by atoms with Crippen LogP contribution in [0.3, 0.4) is 0 Å². The summed E-state index contributed by atoms with van der Waals surface area (Å²) < 4.78 is 47.5. The molecule has 4 spiro atoms. The van der Waals surface area contributed by atoms with Crippen molar-refractivity contribution < 1.29 is 28.4 Å². The summed E-state index contributed by atoms with van der Waals surface area (Å²) in [6.45, 7) is 7.98. The second kappa shape index (κ2) is 15.3. The van der Waals surface area contributed by atoms with Crippen molar-refractivity contribution in [3.63, 3.8) is 0 Å². The third-order valence-electron chi connectivity index (χ3n) is 22.0. The fourth-order valence-corrected chi connectivity index (χ4v) is 22.5. The van der Waals surface area contributed by atoms with Crippen molar-refractivity contribution in [3.05, 3.63) is 47.6 Å². The largest absolute Gasteiger partial charge is 0.374 e. The smallest absolute Gasteiger partial charge is 0.108 e. The van der Waals surface area contributed by atoms with Crippen molar-refractivity contribution in [2.24, 2.45) is 94.7 Å². The zero-order valence-electron chi connectivity index (χ0n) is 39.7. The molecule has 10 saturated carbocycles. The van der Waals surface area contributed by atoms with Crippen LogP contribution in [0.25, 0.3) is 0 Å². The van der Waals surface area contributed by atoms with Crippen molar-refractivity contribution in [3.8, 4) is 0 Å². The minimum atomic E-state index is 0.00153. The Morgan fingerprint density at radius 3 is 0.929 bits per heavy atom. The van der Waals surface area contributed by atoms with Gasteiger partial charge >= 0.3 is 0 Å². The first-order valence-electron chi connectivity index (χ1n) is 27.0. The lowest BCUT2D eigenvalue weighted by Crippen LogP contribution is -2.52. The molecule has 14 fully saturated rings. The molecule has 0 N–H and O–H groups in total. The first kappa shape index (κ1) is 42.4. The Morgan fingerprint density at radius 1 is 0.386 bits per heavy atom. The number of nitrogens with zero attached hydrogens (tertiary/aromatic N) is 12. The van der Waals surface area contributed by atoms with Gasteiger partial charge in [0, 0.05) is 49.2 Å². The number of hydrogen-bond donors (Lipinski definition) is 0. The average molecular weight is 993 g/mol. The van der Waals surface area contributed by atoms with Gasteiger partial charge in [0.1, 0.15) is 22.8 Å². The number of fused-ring (bicyclic) bond motifs is 8. The van der Waals surface area contributed by atoms with Gasteiger partial charge in [-0.2, -0.15) is 23.5 Å². The summed E-state index contributed by atoms with van der Waals surface area (Å²) in [5.41, 5.74) is 3.58. The van der Waals surface area contributed by atoms with Gasteiger partial charge in [0.05, 0.1) is 100 Å². The summed E-state index contributed by atoms with van der Waals surface area (Å²) in [5.74, 6) is 16.3. The molecule has 9 heterocycles. The molecule has 0 amide bonds. The van der Waals surface area contributed by atoms with Gasteiger partial charge in [-0.25, -0.2) is 0 Å². The maximum Gasteiger partial charge on any atom is 0.108 e. The number of aromatic nitrogens is 12.